The molecule has 0 bridgehead atoms. The zero-order valence-electron chi connectivity index (χ0n) is 14.3. The number of H-pyrrole nitrogens is 1. The van der Waals surface area contributed by atoms with E-state index >= 15 is 0 Å². The quantitative estimate of drug-likeness (QED) is 0.842. The van der Waals surface area contributed by atoms with Crippen LogP contribution in [0.1, 0.15) is 25.5 Å². The van der Waals surface area contributed by atoms with Gasteiger partial charge >= 0.3 is 11.9 Å². The van der Waals surface area contributed by atoms with E-state index in [1.165, 1.54) is 14.2 Å². The van der Waals surface area contributed by atoms with Gasteiger partial charge in [0.1, 0.15) is 5.92 Å². The number of esters is 2. The van der Waals surface area contributed by atoms with Crippen molar-refractivity contribution in [2.24, 2.45) is 5.92 Å². The number of carbonyl (C=O) groups excluding carboxylic acids is 2. The summed E-state index contributed by atoms with van der Waals surface area (Å²) in [5.41, 5.74) is 1.10. The molecule has 0 amide bonds. The normalized spacial score (nSPS) is 29.4. The van der Waals surface area contributed by atoms with Crippen molar-refractivity contribution in [3.63, 3.8) is 0 Å². The van der Waals surface area contributed by atoms with E-state index in [0.29, 0.717) is 18.7 Å². The second-order valence-electron chi connectivity index (χ2n) is 6.15. The highest BCUT2D eigenvalue weighted by atomic mass is 16.5. The predicted molar refractivity (Wildman–Crippen MR) is 84.8 cm³/mol. The van der Waals surface area contributed by atoms with Gasteiger partial charge in [0.15, 0.2) is 5.72 Å². The van der Waals surface area contributed by atoms with E-state index in [0.717, 1.165) is 11.4 Å². The topological polar surface area (TPSA) is 80.9 Å². The molecule has 1 aromatic rings. The van der Waals surface area contributed by atoms with Crippen LogP contribution in [0, 0.1) is 5.92 Å². The maximum atomic E-state index is 12.7. The minimum Gasteiger partial charge on any atom is -0.469 e. The smallest absolute Gasteiger partial charge is 0.336 e. The van der Waals surface area contributed by atoms with Crippen molar-refractivity contribution in [2.75, 3.05) is 27.4 Å². The van der Waals surface area contributed by atoms with E-state index in [1.54, 1.807) is 6.20 Å². The first kappa shape index (κ1) is 16.6. The lowest BCUT2D eigenvalue weighted by Crippen LogP contribution is -2.57. The van der Waals surface area contributed by atoms with Crippen LogP contribution in [0.2, 0.25) is 0 Å². The van der Waals surface area contributed by atoms with Crippen molar-refractivity contribution in [3.05, 3.63) is 35.3 Å². The maximum absolute atomic E-state index is 12.7. The molecule has 3 atom stereocenters. The first-order chi connectivity index (χ1) is 11.5. The van der Waals surface area contributed by atoms with Crippen LogP contribution in [0.15, 0.2) is 29.6 Å². The van der Waals surface area contributed by atoms with E-state index < -0.39 is 29.5 Å². The highest BCUT2D eigenvalue weighted by molar-refractivity contribution is 5.93. The Hall–Kier alpha value is -2.28. The Morgan fingerprint density at radius 1 is 1.38 bits per heavy atom. The first-order valence-corrected chi connectivity index (χ1v) is 7.87. The summed E-state index contributed by atoms with van der Waals surface area (Å²) in [4.78, 5) is 30.3. The third-order valence-electron chi connectivity index (χ3n) is 5.08. The van der Waals surface area contributed by atoms with Gasteiger partial charge in [-0.15, -0.1) is 0 Å². The number of nitrogens with one attached hydrogen (secondary N) is 1. The van der Waals surface area contributed by atoms with Gasteiger partial charge in [-0.05, 0) is 26.0 Å². The van der Waals surface area contributed by atoms with Crippen LogP contribution < -0.4 is 0 Å². The molecule has 7 heteroatoms. The number of allylic oxidation sites excluding steroid dienone is 1. The Bertz CT molecular complexity index is 681. The molecule has 0 aromatic carbocycles. The van der Waals surface area contributed by atoms with E-state index in [9.17, 15) is 9.59 Å². The number of hydrogen-bond acceptors (Lipinski definition) is 6. The third-order valence-corrected chi connectivity index (χ3v) is 5.08. The lowest BCUT2D eigenvalue weighted by molar-refractivity contribution is -0.171. The number of methoxy groups -OCH3 is 2. The van der Waals surface area contributed by atoms with Crippen molar-refractivity contribution in [3.8, 4) is 0 Å². The van der Waals surface area contributed by atoms with Crippen LogP contribution in [-0.2, 0) is 23.8 Å². The van der Waals surface area contributed by atoms with Crippen LogP contribution in [0.25, 0.3) is 0 Å². The summed E-state index contributed by atoms with van der Waals surface area (Å²) in [6, 6.07) is 3.68. The molecule has 0 radical (unpaired) electrons. The van der Waals surface area contributed by atoms with Gasteiger partial charge in [-0.25, -0.2) is 4.79 Å². The van der Waals surface area contributed by atoms with Gasteiger partial charge in [-0.2, -0.15) is 0 Å². The molecule has 0 saturated carbocycles. The summed E-state index contributed by atoms with van der Waals surface area (Å²) in [7, 11) is 2.69. The van der Waals surface area contributed by atoms with Gasteiger partial charge in [0.05, 0.1) is 32.3 Å². The summed E-state index contributed by atoms with van der Waals surface area (Å²) >= 11 is 0. The number of hydrogen-bond donors (Lipinski definition) is 1. The van der Waals surface area contributed by atoms with Gasteiger partial charge in [-0.3, -0.25) is 4.79 Å². The lowest BCUT2D eigenvalue weighted by atomic mass is 9.73. The molecule has 1 aromatic heterocycles. The summed E-state index contributed by atoms with van der Waals surface area (Å²) in [5, 5.41) is 0. The number of rotatable bonds is 3. The van der Waals surface area contributed by atoms with Crippen LogP contribution in [0.5, 0.6) is 0 Å². The molecule has 0 aliphatic carbocycles. The predicted octanol–water partition coefficient (Wildman–Crippen LogP) is 1.40. The molecule has 24 heavy (non-hydrogen) atoms. The third kappa shape index (κ3) is 2.23. The second kappa shape index (κ2) is 5.98. The number of nitrogens with zero attached hydrogens (tertiary/aromatic N) is 1. The SMILES string of the molecule is COC(=O)C1=C(C)N2CCOC2(C)C(C(=O)OC)C1c1ccc[nH]1. The van der Waals surface area contributed by atoms with E-state index in [-0.39, 0.29) is 0 Å². The van der Waals surface area contributed by atoms with Crippen molar-refractivity contribution in [1.29, 1.82) is 0 Å². The molecule has 1 N–H and O–H groups in total. The molecular formula is C17H22N2O5. The fourth-order valence-electron chi connectivity index (χ4n) is 3.99. The van der Waals surface area contributed by atoms with Crippen molar-refractivity contribution in [2.45, 2.75) is 25.5 Å². The molecule has 130 valence electrons. The molecule has 7 nitrogen and oxygen atoms in total. The average Bonchev–Trinajstić information content (AvgIpc) is 3.22. The van der Waals surface area contributed by atoms with Gasteiger partial charge < -0.3 is 24.1 Å². The highest BCUT2D eigenvalue weighted by Gasteiger charge is 2.58. The molecular weight excluding hydrogens is 312 g/mol. The fourth-order valence-corrected chi connectivity index (χ4v) is 3.99. The van der Waals surface area contributed by atoms with Crippen molar-refractivity contribution >= 4 is 11.9 Å². The molecule has 3 rings (SSSR count). The molecule has 0 spiro atoms. The summed E-state index contributed by atoms with van der Waals surface area (Å²) in [6.45, 7) is 4.82. The number of aromatic nitrogens is 1. The molecule has 2 aliphatic heterocycles. The first-order valence-electron chi connectivity index (χ1n) is 7.87. The van der Waals surface area contributed by atoms with Gasteiger partial charge in [-0.1, -0.05) is 0 Å². The monoisotopic (exact) mass is 334 g/mol. The van der Waals surface area contributed by atoms with Crippen LogP contribution in [-0.4, -0.2) is 54.9 Å². The lowest BCUT2D eigenvalue weighted by Gasteiger charge is -2.48. The largest absolute Gasteiger partial charge is 0.469 e. The minimum atomic E-state index is -0.871. The number of aromatic amines is 1. The molecule has 2 aliphatic rings. The van der Waals surface area contributed by atoms with E-state index in [1.807, 2.05) is 30.9 Å². The molecule has 1 saturated heterocycles. The van der Waals surface area contributed by atoms with Crippen molar-refractivity contribution in [1.82, 2.24) is 9.88 Å². The second-order valence-corrected chi connectivity index (χ2v) is 6.15. The Kier molecular flexibility index (Phi) is 4.13. The van der Waals surface area contributed by atoms with Gasteiger partial charge in [0.2, 0.25) is 0 Å². The van der Waals surface area contributed by atoms with E-state index in [4.69, 9.17) is 14.2 Å². The molecule has 1 fully saturated rings. The number of fused-ring (bicyclic) bond motifs is 1. The standard InChI is InChI=1S/C17H22N2O5/c1-10-12(15(20)22-3)13(11-6-5-7-18-11)14(16(21)23-4)17(2)19(10)8-9-24-17/h5-7,13-14,18H,8-9H2,1-4H3. The Morgan fingerprint density at radius 2 is 2.12 bits per heavy atom. The zero-order valence-corrected chi connectivity index (χ0v) is 14.3. The highest BCUT2D eigenvalue weighted by Crippen LogP contribution is 2.50. The fraction of sp³-hybridized carbons (Fsp3) is 0.529. The Labute approximate surface area is 140 Å². The van der Waals surface area contributed by atoms with E-state index in [2.05, 4.69) is 4.98 Å². The number of carbonyl (C=O) groups is 2. The summed E-state index contributed by atoms with van der Waals surface area (Å²) in [6.07, 6.45) is 1.76. The Balaban J connectivity index is 2.25. The Morgan fingerprint density at radius 3 is 2.71 bits per heavy atom. The van der Waals surface area contributed by atoms with Crippen LogP contribution in [0.4, 0.5) is 0 Å². The minimum absolute atomic E-state index is 0.419. The summed E-state index contributed by atoms with van der Waals surface area (Å²) < 4.78 is 16.0. The van der Waals surface area contributed by atoms with Crippen molar-refractivity contribution < 1.29 is 23.8 Å². The molecule has 3 heterocycles. The van der Waals surface area contributed by atoms with Gasteiger partial charge in [0.25, 0.3) is 0 Å². The zero-order chi connectivity index (χ0) is 17.5. The maximum Gasteiger partial charge on any atom is 0.336 e. The number of ether oxygens (including phenoxy) is 3. The van der Waals surface area contributed by atoms with Crippen LogP contribution >= 0.6 is 0 Å². The summed E-state index contributed by atoms with van der Waals surface area (Å²) in [5.74, 6) is -2.09. The molecule has 3 unspecified atom stereocenters. The average molecular weight is 334 g/mol. The van der Waals surface area contributed by atoms with Gasteiger partial charge in [0, 0.05) is 24.1 Å². The van der Waals surface area contributed by atoms with Crippen LogP contribution in [0.3, 0.4) is 0 Å².